The summed E-state index contributed by atoms with van der Waals surface area (Å²) in [5, 5.41) is 4.44. The summed E-state index contributed by atoms with van der Waals surface area (Å²) >= 11 is 0. The van der Waals surface area contributed by atoms with Gasteiger partial charge in [0, 0.05) is 51.0 Å². The molecule has 0 fully saturated rings. The predicted molar refractivity (Wildman–Crippen MR) is 221 cm³/mol. The number of nitrogens with zero attached hydrogens (tertiary/aromatic N) is 5. The third-order valence-corrected chi connectivity index (χ3v) is 10.0. The first-order valence-electron chi connectivity index (χ1n) is 18.0. The first kappa shape index (κ1) is 31.4. The van der Waals surface area contributed by atoms with Gasteiger partial charge in [0.2, 0.25) is 0 Å². The van der Waals surface area contributed by atoms with Gasteiger partial charge in [-0.05, 0) is 63.4 Å². The second-order valence-electron chi connectivity index (χ2n) is 13.3. The zero-order valence-corrected chi connectivity index (χ0v) is 29.1. The highest BCUT2D eigenvalue weighted by atomic mass is 15.0. The van der Waals surface area contributed by atoms with E-state index in [2.05, 4.69) is 97.1 Å². The van der Waals surface area contributed by atoms with Crippen LogP contribution in [-0.4, -0.2) is 24.9 Å². The van der Waals surface area contributed by atoms with E-state index in [0.29, 0.717) is 17.5 Å². The summed E-state index contributed by atoms with van der Waals surface area (Å²) in [4.78, 5) is 24.8. The van der Waals surface area contributed by atoms with E-state index in [9.17, 15) is 0 Å². The largest absolute Gasteiger partial charge is 0.256 e. The number of benzene rings is 7. The molecule has 7 aromatic carbocycles. The molecular formula is C49H31N5. The van der Waals surface area contributed by atoms with E-state index in [0.717, 1.165) is 71.5 Å². The molecule has 0 aliphatic heterocycles. The molecule has 5 heteroatoms. The lowest BCUT2D eigenvalue weighted by Gasteiger charge is -2.15. The highest BCUT2D eigenvalue weighted by Crippen LogP contribution is 2.41. The summed E-state index contributed by atoms with van der Waals surface area (Å²) in [6.07, 6.45) is 3.75. The molecule has 3 aromatic heterocycles. The number of pyridine rings is 2. The minimum Gasteiger partial charge on any atom is -0.256 e. The van der Waals surface area contributed by atoms with Gasteiger partial charge < -0.3 is 0 Å². The van der Waals surface area contributed by atoms with Crippen LogP contribution in [0, 0.1) is 0 Å². The molecule has 0 atom stereocenters. The van der Waals surface area contributed by atoms with Crippen LogP contribution in [0.25, 0.3) is 100 Å². The maximum atomic E-state index is 5.00. The van der Waals surface area contributed by atoms with E-state index in [-0.39, 0.29) is 0 Å². The van der Waals surface area contributed by atoms with Crippen LogP contribution in [0.5, 0.6) is 0 Å². The minimum absolute atomic E-state index is 0.611. The second kappa shape index (κ2) is 13.3. The normalized spacial score (nSPS) is 11.3. The van der Waals surface area contributed by atoms with Gasteiger partial charge in [-0.1, -0.05) is 146 Å². The molecule has 3 heterocycles. The van der Waals surface area contributed by atoms with Crippen molar-refractivity contribution < 1.29 is 0 Å². The first-order chi connectivity index (χ1) is 26.8. The van der Waals surface area contributed by atoms with Crippen molar-refractivity contribution in [1.82, 2.24) is 24.9 Å². The molecule has 0 N–H and O–H groups in total. The summed E-state index contributed by atoms with van der Waals surface area (Å²) in [6.45, 7) is 0. The molecule has 0 saturated heterocycles. The van der Waals surface area contributed by atoms with Crippen LogP contribution in [0.15, 0.2) is 188 Å². The molecule has 0 unspecified atom stereocenters. The highest BCUT2D eigenvalue weighted by Gasteiger charge is 2.18. The first-order valence-corrected chi connectivity index (χ1v) is 18.0. The Morgan fingerprint density at radius 3 is 1.20 bits per heavy atom. The van der Waals surface area contributed by atoms with Gasteiger partial charge in [0.25, 0.3) is 0 Å². The summed E-state index contributed by atoms with van der Waals surface area (Å²) < 4.78 is 0. The monoisotopic (exact) mass is 689 g/mol. The van der Waals surface area contributed by atoms with Crippen molar-refractivity contribution in [3.05, 3.63) is 188 Å². The van der Waals surface area contributed by atoms with Crippen LogP contribution in [0.2, 0.25) is 0 Å². The Kier molecular flexibility index (Phi) is 7.73. The standard InChI is InChI=1S/C49H31N5/c1-4-13-32(14-5-1)33-23-25-34(26-24-33)41-30-43-40-22-12-28-51-46(40)42(31-44(43)39-21-11-27-50-45(39)41)37-19-10-20-38(29-37)49-53-47(35-15-6-2-7-16-35)52-48(54-49)36-17-8-3-9-18-36/h1-31H. The quantitative estimate of drug-likeness (QED) is 0.163. The molecule has 0 bridgehead atoms. The van der Waals surface area contributed by atoms with Gasteiger partial charge in [-0.2, -0.15) is 0 Å². The maximum Gasteiger partial charge on any atom is 0.164 e. The molecule has 0 aliphatic carbocycles. The molecule has 252 valence electrons. The van der Waals surface area contributed by atoms with E-state index in [1.54, 1.807) is 0 Å². The number of hydrogen-bond donors (Lipinski definition) is 0. The predicted octanol–water partition coefficient (Wildman–Crippen LogP) is 12.1. The summed E-state index contributed by atoms with van der Waals surface area (Å²) in [5.41, 5.74) is 11.3. The van der Waals surface area contributed by atoms with E-state index >= 15 is 0 Å². The van der Waals surface area contributed by atoms with E-state index < -0.39 is 0 Å². The summed E-state index contributed by atoms with van der Waals surface area (Å²) in [7, 11) is 0. The Morgan fingerprint density at radius 1 is 0.259 bits per heavy atom. The fourth-order valence-corrected chi connectivity index (χ4v) is 7.38. The van der Waals surface area contributed by atoms with Gasteiger partial charge in [0.1, 0.15) is 0 Å². The van der Waals surface area contributed by atoms with Crippen molar-refractivity contribution >= 4 is 32.6 Å². The lowest BCUT2D eigenvalue weighted by Crippen LogP contribution is -2.00. The van der Waals surface area contributed by atoms with E-state index in [1.165, 1.54) is 11.1 Å². The Bertz CT molecular complexity index is 2910. The molecule has 0 aliphatic rings. The Hall–Kier alpha value is -7.37. The van der Waals surface area contributed by atoms with Gasteiger partial charge >= 0.3 is 0 Å². The Morgan fingerprint density at radius 2 is 0.667 bits per heavy atom. The van der Waals surface area contributed by atoms with Crippen molar-refractivity contribution in [2.45, 2.75) is 0 Å². The fraction of sp³-hybridized carbons (Fsp3) is 0. The number of fused-ring (bicyclic) bond motifs is 5. The molecular weight excluding hydrogens is 659 g/mol. The molecule has 5 nitrogen and oxygen atoms in total. The third kappa shape index (κ3) is 5.65. The summed E-state index contributed by atoms with van der Waals surface area (Å²) in [5.74, 6) is 1.87. The number of aromatic nitrogens is 5. The lowest BCUT2D eigenvalue weighted by molar-refractivity contribution is 1.07. The lowest BCUT2D eigenvalue weighted by atomic mass is 9.90. The fourth-order valence-electron chi connectivity index (χ4n) is 7.38. The SMILES string of the molecule is c1ccc(-c2ccc(-c3cc4c5cccnc5c(-c5cccc(-c6nc(-c7ccccc7)nc(-c7ccccc7)n6)c5)cc4c4cccnc34)cc2)cc1. The number of rotatable bonds is 6. The van der Waals surface area contributed by atoms with Crippen LogP contribution < -0.4 is 0 Å². The zero-order valence-electron chi connectivity index (χ0n) is 29.1. The second-order valence-corrected chi connectivity index (χ2v) is 13.3. The maximum absolute atomic E-state index is 5.00. The molecule has 0 radical (unpaired) electrons. The van der Waals surface area contributed by atoms with Crippen LogP contribution in [0.3, 0.4) is 0 Å². The molecule has 0 amide bonds. The van der Waals surface area contributed by atoms with Crippen molar-refractivity contribution in [3.8, 4) is 67.5 Å². The molecule has 0 saturated carbocycles. The minimum atomic E-state index is 0.611. The average molecular weight is 690 g/mol. The smallest absolute Gasteiger partial charge is 0.164 e. The van der Waals surface area contributed by atoms with Gasteiger partial charge in [-0.3, -0.25) is 9.97 Å². The van der Waals surface area contributed by atoms with Crippen LogP contribution in [0.1, 0.15) is 0 Å². The van der Waals surface area contributed by atoms with Crippen molar-refractivity contribution in [2.75, 3.05) is 0 Å². The molecule has 10 rings (SSSR count). The van der Waals surface area contributed by atoms with Gasteiger partial charge in [-0.15, -0.1) is 0 Å². The Labute approximate surface area is 312 Å². The van der Waals surface area contributed by atoms with Crippen molar-refractivity contribution in [3.63, 3.8) is 0 Å². The van der Waals surface area contributed by atoms with Gasteiger partial charge in [-0.25, -0.2) is 15.0 Å². The van der Waals surface area contributed by atoms with Crippen molar-refractivity contribution in [2.24, 2.45) is 0 Å². The molecule has 54 heavy (non-hydrogen) atoms. The molecule has 0 spiro atoms. The molecule has 10 aromatic rings. The highest BCUT2D eigenvalue weighted by molar-refractivity contribution is 6.22. The number of hydrogen-bond acceptors (Lipinski definition) is 5. The third-order valence-electron chi connectivity index (χ3n) is 10.0. The Balaban J connectivity index is 1.14. The van der Waals surface area contributed by atoms with Gasteiger partial charge in [0.05, 0.1) is 11.0 Å². The van der Waals surface area contributed by atoms with Crippen LogP contribution >= 0.6 is 0 Å². The van der Waals surface area contributed by atoms with Gasteiger partial charge in [0.15, 0.2) is 17.5 Å². The summed E-state index contributed by atoms with van der Waals surface area (Å²) in [6, 6.07) is 60.8. The van der Waals surface area contributed by atoms with E-state index in [1.807, 2.05) is 91.3 Å². The van der Waals surface area contributed by atoms with Crippen molar-refractivity contribution in [1.29, 1.82) is 0 Å². The van der Waals surface area contributed by atoms with E-state index in [4.69, 9.17) is 24.9 Å². The van der Waals surface area contributed by atoms with Crippen LogP contribution in [0.4, 0.5) is 0 Å². The average Bonchev–Trinajstić information content (AvgIpc) is 3.26. The van der Waals surface area contributed by atoms with Crippen LogP contribution in [-0.2, 0) is 0 Å². The topological polar surface area (TPSA) is 64.5 Å². The zero-order chi connectivity index (χ0) is 35.8.